The van der Waals surface area contributed by atoms with E-state index in [1.807, 2.05) is 30.3 Å². The highest BCUT2D eigenvalue weighted by atomic mass is 32.2. The lowest BCUT2D eigenvalue weighted by molar-refractivity contribution is -0.120. The minimum Gasteiger partial charge on any atom is -0.356 e. The van der Waals surface area contributed by atoms with E-state index in [4.69, 9.17) is 0 Å². The number of rotatable bonds is 8. The van der Waals surface area contributed by atoms with Gasteiger partial charge >= 0.3 is 0 Å². The molecule has 2 fully saturated rings. The van der Waals surface area contributed by atoms with Crippen molar-refractivity contribution in [1.82, 2.24) is 9.62 Å². The van der Waals surface area contributed by atoms with Gasteiger partial charge in [0.15, 0.2) is 0 Å². The first-order chi connectivity index (χ1) is 12.1. The highest BCUT2D eigenvalue weighted by Gasteiger charge is 2.41. The lowest BCUT2D eigenvalue weighted by Gasteiger charge is -2.31. The molecular formula is C18H26N2O3S2. The van der Waals surface area contributed by atoms with Crippen LogP contribution in [0.25, 0.3) is 0 Å². The van der Waals surface area contributed by atoms with E-state index in [-0.39, 0.29) is 11.2 Å². The zero-order valence-corrected chi connectivity index (χ0v) is 16.0. The minimum atomic E-state index is -3.04. The molecule has 0 bridgehead atoms. The molecule has 1 heterocycles. The van der Waals surface area contributed by atoms with Crippen molar-refractivity contribution in [1.29, 1.82) is 0 Å². The molecule has 1 amide bonds. The molecule has 0 atom stereocenters. The van der Waals surface area contributed by atoms with Crippen LogP contribution in [-0.4, -0.2) is 49.3 Å². The molecule has 1 N–H and O–H groups in total. The quantitative estimate of drug-likeness (QED) is 0.702. The molecule has 1 aliphatic heterocycles. The molecule has 1 aliphatic carbocycles. The molecule has 3 rings (SSSR count). The lowest BCUT2D eigenvalue weighted by atomic mass is 9.98. The van der Waals surface area contributed by atoms with E-state index in [0.29, 0.717) is 32.0 Å². The van der Waals surface area contributed by atoms with Crippen LogP contribution in [0.2, 0.25) is 0 Å². The minimum absolute atomic E-state index is 0.0801. The summed E-state index contributed by atoms with van der Waals surface area (Å²) in [4.78, 5) is 13.1. The van der Waals surface area contributed by atoms with Crippen LogP contribution in [0.3, 0.4) is 0 Å². The van der Waals surface area contributed by atoms with Gasteiger partial charge in [-0.2, -0.15) is 0 Å². The lowest BCUT2D eigenvalue weighted by Crippen LogP contribution is -2.42. The fourth-order valence-electron chi connectivity index (χ4n) is 3.07. The molecule has 0 spiro atoms. The number of hydrogen-bond donors (Lipinski definition) is 1. The number of sulfonamides is 1. The van der Waals surface area contributed by atoms with Crippen LogP contribution >= 0.6 is 11.8 Å². The first kappa shape index (κ1) is 18.7. The number of benzene rings is 1. The Labute approximate surface area is 154 Å². The van der Waals surface area contributed by atoms with Gasteiger partial charge in [-0.15, -0.1) is 11.8 Å². The van der Waals surface area contributed by atoms with Crippen molar-refractivity contribution in [2.75, 3.05) is 25.4 Å². The van der Waals surface area contributed by atoms with Crippen molar-refractivity contribution >= 4 is 27.7 Å². The SMILES string of the molecule is O=C(CCSc1ccccc1)NCC1CCN(S(=O)(=O)C2CC2)CC1. The normalized spacial score (nSPS) is 19.7. The van der Waals surface area contributed by atoms with Gasteiger partial charge in [-0.3, -0.25) is 4.79 Å². The smallest absolute Gasteiger partial charge is 0.220 e. The van der Waals surface area contributed by atoms with Gasteiger partial charge in [0.2, 0.25) is 15.9 Å². The first-order valence-corrected chi connectivity index (χ1v) is 11.5. The highest BCUT2D eigenvalue weighted by molar-refractivity contribution is 7.99. The summed E-state index contributed by atoms with van der Waals surface area (Å²) < 4.78 is 26.1. The number of nitrogens with one attached hydrogen (secondary N) is 1. The summed E-state index contributed by atoms with van der Waals surface area (Å²) in [5, 5.41) is 2.89. The van der Waals surface area contributed by atoms with Gasteiger partial charge in [-0.05, 0) is 43.7 Å². The molecule has 138 valence electrons. The Bertz CT molecular complexity index is 667. The van der Waals surface area contributed by atoms with Gasteiger partial charge in [-0.1, -0.05) is 18.2 Å². The second-order valence-corrected chi connectivity index (χ2v) is 10.2. The zero-order valence-electron chi connectivity index (χ0n) is 14.4. The fourth-order valence-corrected chi connectivity index (χ4v) is 5.82. The monoisotopic (exact) mass is 382 g/mol. The molecule has 1 saturated carbocycles. The van der Waals surface area contributed by atoms with E-state index in [2.05, 4.69) is 5.32 Å². The van der Waals surface area contributed by atoms with E-state index in [9.17, 15) is 13.2 Å². The van der Waals surface area contributed by atoms with Crippen LogP contribution < -0.4 is 5.32 Å². The number of carbonyl (C=O) groups excluding carboxylic acids is 1. The molecule has 1 saturated heterocycles. The van der Waals surface area contributed by atoms with Crippen LogP contribution in [0.4, 0.5) is 0 Å². The average Bonchev–Trinajstić information content (AvgIpc) is 3.47. The molecule has 1 aromatic carbocycles. The molecule has 25 heavy (non-hydrogen) atoms. The van der Waals surface area contributed by atoms with E-state index in [1.165, 1.54) is 4.90 Å². The predicted molar refractivity (Wildman–Crippen MR) is 101 cm³/mol. The maximum absolute atomic E-state index is 12.2. The Kier molecular flexibility index (Phi) is 6.41. The fraction of sp³-hybridized carbons (Fsp3) is 0.611. The van der Waals surface area contributed by atoms with Crippen molar-refractivity contribution in [3.63, 3.8) is 0 Å². The standard InChI is InChI=1S/C18H26N2O3S2/c21-18(10-13-24-16-4-2-1-3-5-16)19-14-15-8-11-20(12-9-15)25(22,23)17-6-7-17/h1-5,15,17H,6-14H2,(H,19,21). The summed E-state index contributed by atoms with van der Waals surface area (Å²) in [6.07, 6.45) is 3.82. The zero-order chi connectivity index (χ0) is 17.7. The summed E-state index contributed by atoms with van der Waals surface area (Å²) in [5.74, 6) is 1.24. The average molecular weight is 383 g/mol. The van der Waals surface area contributed by atoms with E-state index < -0.39 is 10.0 Å². The van der Waals surface area contributed by atoms with Crippen LogP contribution in [0, 0.1) is 5.92 Å². The number of piperidine rings is 1. The number of carbonyl (C=O) groups is 1. The van der Waals surface area contributed by atoms with Crippen LogP contribution in [0.5, 0.6) is 0 Å². The van der Waals surface area contributed by atoms with Crippen LogP contribution in [0.15, 0.2) is 35.2 Å². The molecule has 0 radical (unpaired) electrons. The molecule has 0 aromatic heterocycles. The summed E-state index contributed by atoms with van der Waals surface area (Å²) in [6.45, 7) is 1.86. The third-order valence-electron chi connectivity index (χ3n) is 4.81. The number of amides is 1. The van der Waals surface area contributed by atoms with Gasteiger partial charge < -0.3 is 5.32 Å². The Morgan fingerprint density at radius 2 is 1.80 bits per heavy atom. The Morgan fingerprint density at radius 1 is 1.12 bits per heavy atom. The second-order valence-electron chi connectivity index (χ2n) is 6.80. The number of thioether (sulfide) groups is 1. The van der Waals surface area contributed by atoms with Gasteiger partial charge in [0.1, 0.15) is 0 Å². The van der Waals surface area contributed by atoms with Gasteiger partial charge in [0.05, 0.1) is 5.25 Å². The largest absolute Gasteiger partial charge is 0.356 e. The maximum atomic E-state index is 12.2. The second kappa shape index (κ2) is 8.56. The highest BCUT2D eigenvalue weighted by Crippen LogP contribution is 2.33. The van der Waals surface area contributed by atoms with Gasteiger partial charge in [-0.25, -0.2) is 12.7 Å². The molecular weight excluding hydrogens is 356 g/mol. The first-order valence-electron chi connectivity index (χ1n) is 8.99. The van der Waals surface area contributed by atoms with Crippen molar-refractivity contribution in [3.8, 4) is 0 Å². The topological polar surface area (TPSA) is 66.5 Å². The molecule has 1 aromatic rings. The predicted octanol–water partition coefficient (Wildman–Crippen LogP) is 2.49. The third-order valence-corrected chi connectivity index (χ3v) is 8.22. The van der Waals surface area contributed by atoms with E-state index in [1.54, 1.807) is 16.1 Å². The van der Waals surface area contributed by atoms with Gasteiger partial charge in [0.25, 0.3) is 0 Å². The van der Waals surface area contributed by atoms with Crippen molar-refractivity contribution < 1.29 is 13.2 Å². The van der Waals surface area contributed by atoms with Crippen LogP contribution in [-0.2, 0) is 14.8 Å². The Morgan fingerprint density at radius 3 is 2.44 bits per heavy atom. The van der Waals surface area contributed by atoms with Crippen molar-refractivity contribution in [2.45, 2.75) is 42.2 Å². The Balaban J connectivity index is 1.31. The number of nitrogens with zero attached hydrogens (tertiary/aromatic N) is 1. The summed E-state index contributed by atoms with van der Waals surface area (Å²) in [7, 11) is -3.04. The third kappa shape index (κ3) is 5.46. The summed E-state index contributed by atoms with van der Waals surface area (Å²) in [6, 6.07) is 10.1. The molecule has 5 nitrogen and oxygen atoms in total. The van der Waals surface area contributed by atoms with Crippen molar-refractivity contribution in [3.05, 3.63) is 30.3 Å². The Hall–Kier alpha value is -1.05. The van der Waals surface area contributed by atoms with E-state index >= 15 is 0 Å². The summed E-state index contributed by atoms with van der Waals surface area (Å²) >= 11 is 1.69. The molecule has 7 heteroatoms. The number of hydrogen-bond acceptors (Lipinski definition) is 4. The summed E-state index contributed by atoms with van der Waals surface area (Å²) in [5.41, 5.74) is 0. The van der Waals surface area contributed by atoms with Crippen molar-refractivity contribution in [2.24, 2.45) is 5.92 Å². The molecule has 0 unspecified atom stereocenters. The van der Waals surface area contributed by atoms with Crippen LogP contribution in [0.1, 0.15) is 32.1 Å². The molecule has 2 aliphatic rings. The van der Waals surface area contributed by atoms with E-state index in [0.717, 1.165) is 31.4 Å². The van der Waals surface area contributed by atoms with Gasteiger partial charge in [0, 0.05) is 36.7 Å². The maximum Gasteiger partial charge on any atom is 0.220 e.